The molecule has 1 aromatic carbocycles. The summed E-state index contributed by atoms with van der Waals surface area (Å²) < 4.78 is 0. The average Bonchev–Trinajstić information content (AvgIpc) is 2.37. The zero-order valence-corrected chi connectivity index (χ0v) is 11.9. The number of fused-ring (bicyclic) bond motifs is 1. The van der Waals surface area contributed by atoms with Crippen LogP contribution in [0.4, 0.5) is 5.69 Å². The van der Waals surface area contributed by atoms with Gasteiger partial charge in [0.25, 0.3) is 0 Å². The number of amides is 1. The molecule has 0 aliphatic carbocycles. The Balaban J connectivity index is 2.36. The number of alkyl halides is 1. The van der Waals surface area contributed by atoms with Crippen LogP contribution in [0.1, 0.15) is 32.3 Å². The monoisotopic (exact) mass is 295 g/mol. The van der Waals surface area contributed by atoms with Gasteiger partial charge in [0.15, 0.2) is 0 Å². The summed E-state index contributed by atoms with van der Waals surface area (Å²) in [6.45, 7) is 4.15. The molecule has 0 saturated heterocycles. The molecule has 0 aromatic heterocycles. The second kappa shape index (κ2) is 5.21. The molecule has 0 spiro atoms. The SMILES string of the molecule is CCC(Br)C(=O)N1c2ccccc2CCC1C. The highest BCUT2D eigenvalue weighted by Gasteiger charge is 2.30. The van der Waals surface area contributed by atoms with Crippen molar-refractivity contribution in [3.63, 3.8) is 0 Å². The van der Waals surface area contributed by atoms with E-state index in [0.29, 0.717) is 6.04 Å². The first kappa shape index (κ1) is 12.6. The molecule has 2 rings (SSSR count). The lowest BCUT2D eigenvalue weighted by Crippen LogP contribution is -2.45. The minimum Gasteiger partial charge on any atom is -0.308 e. The molecule has 17 heavy (non-hydrogen) atoms. The maximum atomic E-state index is 12.4. The molecule has 3 heteroatoms. The molecule has 2 atom stereocenters. The van der Waals surface area contributed by atoms with E-state index in [0.717, 1.165) is 24.9 Å². The summed E-state index contributed by atoms with van der Waals surface area (Å²) in [5, 5.41) is 0. The Kier molecular flexibility index (Phi) is 3.87. The molecule has 0 saturated carbocycles. The first-order chi connectivity index (χ1) is 8.15. The van der Waals surface area contributed by atoms with Crippen LogP contribution in [0.2, 0.25) is 0 Å². The van der Waals surface area contributed by atoms with Gasteiger partial charge in [0, 0.05) is 11.7 Å². The van der Waals surface area contributed by atoms with Crippen LogP contribution in [0.15, 0.2) is 24.3 Å². The maximum Gasteiger partial charge on any atom is 0.241 e. The summed E-state index contributed by atoms with van der Waals surface area (Å²) in [7, 11) is 0. The first-order valence-electron chi connectivity index (χ1n) is 6.20. The van der Waals surface area contributed by atoms with Gasteiger partial charge >= 0.3 is 0 Å². The minimum atomic E-state index is -0.0730. The summed E-state index contributed by atoms with van der Waals surface area (Å²) in [6, 6.07) is 8.52. The van der Waals surface area contributed by atoms with E-state index in [-0.39, 0.29) is 10.7 Å². The summed E-state index contributed by atoms with van der Waals surface area (Å²) in [5.41, 5.74) is 2.38. The summed E-state index contributed by atoms with van der Waals surface area (Å²) in [5.74, 6) is 0.187. The van der Waals surface area contributed by atoms with Gasteiger partial charge in [-0.2, -0.15) is 0 Å². The van der Waals surface area contributed by atoms with E-state index in [9.17, 15) is 4.79 Å². The van der Waals surface area contributed by atoms with Crippen molar-refractivity contribution < 1.29 is 4.79 Å². The van der Waals surface area contributed by atoms with Crippen LogP contribution in [0.5, 0.6) is 0 Å². The topological polar surface area (TPSA) is 20.3 Å². The van der Waals surface area contributed by atoms with E-state index >= 15 is 0 Å². The second-order valence-electron chi connectivity index (χ2n) is 4.60. The second-order valence-corrected chi connectivity index (χ2v) is 5.71. The molecular weight excluding hydrogens is 278 g/mol. The van der Waals surface area contributed by atoms with Crippen molar-refractivity contribution in [3.8, 4) is 0 Å². The smallest absolute Gasteiger partial charge is 0.241 e. The molecule has 2 nitrogen and oxygen atoms in total. The molecule has 0 N–H and O–H groups in total. The predicted octanol–water partition coefficient (Wildman–Crippen LogP) is 3.53. The standard InChI is InChI=1S/C14H18BrNO/c1-3-12(15)14(17)16-10(2)8-9-11-6-4-5-7-13(11)16/h4-7,10,12H,3,8-9H2,1-2H3. The lowest BCUT2D eigenvalue weighted by atomic mass is 9.96. The number of para-hydroxylation sites is 1. The molecule has 1 aromatic rings. The highest BCUT2D eigenvalue weighted by atomic mass is 79.9. The van der Waals surface area contributed by atoms with Crippen molar-refractivity contribution in [1.29, 1.82) is 0 Å². The molecule has 92 valence electrons. The number of nitrogens with zero attached hydrogens (tertiary/aromatic N) is 1. The first-order valence-corrected chi connectivity index (χ1v) is 7.11. The van der Waals surface area contributed by atoms with Gasteiger partial charge in [0.05, 0.1) is 4.83 Å². The normalized spacial score (nSPS) is 20.9. The number of aryl methyl sites for hydroxylation is 1. The van der Waals surface area contributed by atoms with Gasteiger partial charge in [-0.25, -0.2) is 0 Å². The maximum absolute atomic E-state index is 12.4. The van der Waals surface area contributed by atoms with Gasteiger partial charge in [0.2, 0.25) is 5.91 Å². The largest absolute Gasteiger partial charge is 0.308 e. The number of rotatable bonds is 2. The van der Waals surface area contributed by atoms with Gasteiger partial charge in [-0.1, -0.05) is 41.1 Å². The van der Waals surface area contributed by atoms with Gasteiger partial charge in [-0.05, 0) is 37.8 Å². The van der Waals surface area contributed by atoms with Crippen LogP contribution in [0.25, 0.3) is 0 Å². The molecule has 1 aliphatic rings. The van der Waals surface area contributed by atoms with E-state index in [4.69, 9.17) is 0 Å². The van der Waals surface area contributed by atoms with E-state index in [2.05, 4.69) is 35.0 Å². The van der Waals surface area contributed by atoms with Gasteiger partial charge in [0.1, 0.15) is 0 Å². The quantitative estimate of drug-likeness (QED) is 0.765. The predicted molar refractivity (Wildman–Crippen MR) is 74.7 cm³/mol. The van der Waals surface area contributed by atoms with Crippen molar-refractivity contribution in [2.24, 2.45) is 0 Å². The highest BCUT2D eigenvalue weighted by Crippen LogP contribution is 2.31. The fourth-order valence-corrected chi connectivity index (χ4v) is 2.57. The van der Waals surface area contributed by atoms with Crippen molar-refractivity contribution in [2.75, 3.05) is 4.90 Å². The van der Waals surface area contributed by atoms with Crippen molar-refractivity contribution in [1.82, 2.24) is 0 Å². The zero-order valence-electron chi connectivity index (χ0n) is 10.3. The molecule has 1 aliphatic heterocycles. The molecule has 0 radical (unpaired) electrons. The Morgan fingerprint density at radius 2 is 2.24 bits per heavy atom. The van der Waals surface area contributed by atoms with Crippen LogP contribution in [0, 0.1) is 0 Å². The molecular formula is C14H18BrNO. The lowest BCUT2D eigenvalue weighted by molar-refractivity contribution is -0.118. The van der Waals surface area contributed by atoms with E-state index in [1.165, 1.54) is 5.56 Å². The Bertz CT molecular complexity index is 418. The van der Waals surface area contributed by atoms with Gasteiger partial charge in [-0.3, -0.25) is 4.79 Å². The van der Waals surface area contributed by atoms with E-state index in [1.54, 1.807) is 0 Å². The average molecular weight is 296 g/mol. The highest BCUT2D eigenvalue weighted by molar-refractivity contribution is 9.10. The number of carbonyl (C=O) groups is 1. The minimum absolute atomic E-state index is 0.0730. The Morgan fingerprint density at radius 1 is 1.53 bits per heavy atom. The Labute approximate surface area is 111 Å². The number of carbonyl (C=O) groups excluding carboxylic acids is 1. The van der Waals surface area contributed by atoms with Crippen LogP contribution in [-0.4, -0.2) is 16.8 Å². The Morgan fingerprint density at radius 3 is 2.94 bits per heavy atom. The number of hydrogen-bond acceptors (Lipinski definition) is 1. The molecule has 0 bridgehead atoms. The molecule has 0 fully saturated rings. The van der Waals surface area contributed by atoms with Crippen molar-refractivity contribution in [3.05, 3.63) is 29.8 Å². The fraction of sp³-hybridized carbons (Fsp3) is 0.500. The summed E-state index contributed by atoms with van der Waals surface area (Å²) in [6.07, 6.45) is 2.94. The van der Waals surface area contributed by atoms with Crippen LogP contribution < -0.4 is 4.90 Å². The number of anilines is 1. The molecule has 1 heterocycles. The third kappa shape index (κ3) is 2.39. The van der Waals surface area contributed by atoms with Crippen LogP contribution in [-0.2, 0) is 11.2 Å². The van der Waals surface area contributed by atoms with Crippen molar-refractivity contribution in [2.45, 2.75) is 44.0 Å². The van der Waals surface area contributed by atoms with Crippen molar-refractivity contribution >= 4 is 27.5 Å². The fourth-order valence-electron chi connectivity index (χ4n) is 2.35. The van der Waals surface area contributed by atoms with Gasteiger partial charge < -0.3 is 4.90 Å². The summed E-state index contributed by atoms with van der Waals surface area (Å²) in [4.78, 5) is 14.3. The Hall–Kier alpha value is -0.830. The van der Waals surface area contributed by atoms with Crippen LogP contribution in [0.3, 0.4) is 0 Å². The van der Waals surface area contributed by atoms with E-state index < -0.39 is 0 Å². The summed E-state index contributed by atoms with van der Waals surface area (Å²) >= 11 is 3.47. The zero-order chi connectivity index (χ0) is 12.4. The number of halogens is 1. The number of hydrogen-bond donors (Lipinski definition) is 0. The lowest BCUT2D eigenvalue weighted by Gasteiger charge is -2.36. The van der Waals surface area contributed by atoms with Gasteiger partial charge in [-0.15, -0.1) is 0 Å². The molecule has 1 amide bonds. The van der Waals surface area contributed by atoms with Crippen LogP contribution >= 0.6 is 15.9 Å². The third-order valence-electron chi connectivity index (χ3n) is 3.39. The number of benzene rings is 1. The molecule has 2 unspecified atom stereocenters. The third-order valence-corrected chi connectivity index (χ3v) is 4.43. The van der Waals surface area contributed by atoms with E-state index in [1.807, 2.05) is 24.0 Å².